The summed E-state index contributed by atoms with van der Waals surface area (Å²) in [6.45, 7) is 10.1. The molecule has 1 atom stereocenters. The fourth-order valence-corrected chi connectivity index (χ4v) is 1.37. The quantitative estimate of drug-likeness (QED) is 0.854. The van der Waals surface area contributed by atoms with E-state index in [1.807, 2.05) is 27.7 Å². The summed E-state index contributed by atoms with van der Waals surface area (Å²) in [7, 11) is 0. The zero-order chi connectivity index (χ0) is 12.3. The molecular weight excluding hydrogens is 202 g/mol. The van der Waals surface area contributed by atoms with Crippen molar-refractivity contribution in [2.75, 3.05) is 5.32 Å². The Bertz CT molecular complexity index is 403. The van der Waals surface area contributed by atoms with Gasteiger partial charge in [0.05, 0.1) is 0 Å². The van der Waals surface area contributed by atoms with E-state index in [0.717, 1.165) is 6.42 Å². The van der Waals surface area contributed by atoms with Crippen LogP contribution in [0.2, 0.25) is 0 Å². The SMILES string of the molecule is CCC(C)Nc1nccn(C(C)(C)C)c1=O. The van der Waals surface area contributed by atoms with Crippen molar-refractivity contribution in [2.24, 2.45) is 0 Å². The Morgan fingerprint density at radius 2 is 2.12 bits per heavy atom. The third kappa shape index (κ3) is 2.84. The van der Waals surface area contributed by atoms with Crippen LogP contribution in [0.3, 0.4) is 0 Å². The zero-order valence-electron chi connectivity index (χ0n) is 10.7. The summed E-state index contributed by atoms with van der Waals surface area (Å²) in [5.41, 5.74) is -0.276. The Labute approximate surface area is 96.7 Å². The molecule has 1 unspecified atom stereocenters. The van der Waals surface area contributed by atoms with E-state index in [1.54, 1.807) is 17.0 Å². The van der Waals surface area contributed by atoms with Gasteiger partial charge >= 0.3 is 0 Å². The molecule has 1 aromatic heterocycles. The maximum atomic E-state index is 12.1. The molecule has 90 valence electrons. The molecule has 0 aliphatic carbocycles. The van der Waals surface area contributed by atoms with Gasteiger partial charge in [0.2, 0.25) is 0 Å². The van der Waals surface area contributed by atoms with Crippen molar-refractivity contribution in [1.29, 1.82) is 0 Å². The van der Waals surface area contributed by atoms with E-state index in [1.165, 1.54) is 0 Å². The van der Waals surface area contributed by atoms with Gasteiger partial charge < -0.3 is 9.88 Å². The van der Waals surface area contributed by atoms with E-state index in [2.05, 4.69) is 17.2 Å². The Morgan fingerprint density at radius 1 is 1.50 bits per heavy atom. The molecule has 4 heteroatoms. The maximum absolute atomic E-state index is 12.1. The number of anilines is 1. The summed E-state index contributed by atoms with van der Waals surface area (Å²) in [6.07, 6.45) is 4.35. The van der Waals surface area contributed by atoms with Crippen LogP contribution in [0.25, 0.3) is 0 Å². The highest BCUT2D eigenvalue weighted by Crippen LogP contribution is 2.11. The van der Waals surface area contributed by atoms with Crippen molar-refractivity contribution < 1.29 is 0 Å². The number of nitrogens with one attached hydrogen (secondary N) is 1. The molecule has 4 nitrogen and oxygen atoms in total. The molecule has 1 aromatic rings. The fourth-order valence-electron chi connectivity index (χ4n) is 1.37. The minimum atomic E-state index is -0.216. The first-order valence-electron chi connectivity index (χ1n) is 5.71. The standard InChI is InChI=1S/C12H21N3O/c1-6-9(2)14-10-11(16)15(8-7-13-10)12(3,4)5/h7-9H,6H2,1-5H3,(H,13,14). The van der Waals surface area contributed by atoms with Crippen LogP contribution in [-0.2, 0) is 5.54 Å². The first-order chi connectivity index (χ1) is 7.36. The van der Waals surface area contributed by atoms with Gasteiger partial charge in [-0.05, 0) is 34.1 Å². The van der Waals surface area contributed by atoms with Crippen molar-refractivity contribution in [1.82, 2.24) is 9.55 Å². The van der Waals surface area contributed by atoms with Crippen LogP contribution in [0.5, 0.6) is 0 Å². The Kier molecular flexibility index (Phi) is 3.73. The largest absolute Gasteiger partial charge is 0.363 e. The monoisotopic (exact) mass is 223 g/mol. The van der Waals surface area contributed by atoms with Gasteiger partial charge in [0.1, 0.15) is 0 Å². The van der Waals surface area contributed by atoms with Crippen molar-refractivity contribution in [3.8, 4) is 0 Å². The number of rotatable bonds is 3. The van der Waals surface area contributed by atoms with Gasteiger partial charge in [0.15, 0.2) is 5.82 Å². The zero-order valence-corrected chi connectivity index (χ0v) is 10.7. The van der Waals surface area contributed by atoms with Crippen molar-refractivity contribution in [2.45, 2.75) is 52.6 Å². The predicted molar refractivity (Wildman–Crippen MR) is 66.9 cm³/mol. The third-order valence-electron chi connectivity index (χ3n) is 2.56. The summed E-state index contributed by atoms with van der Waals surface area (Å²) >= 11 is 0. The predicted octanol–water partition coefficient (Wildman–Crippen LogP) is 2.21. The molecule has 0 aliphatic heterocycles. The topological polar surface area (TPSA) is 46.9 Å². The Morgan fingerprint density at radius 3 is 2.62 bits per heavy atom. The van der Waals surface area contributed by atoms with Gasteiger partial charge in [0, 0.05) is 24.0 Å². The molecule has 0 fully saturated rings. The van der Waals surface area contributed by atoms with Gasteiger partial charge in [-0.1, -0.05) is 6.92 Å². The molecule has 0 radical (unpaired) electrons. The number of aromatic nitrogens is 2. The average molecular weight is 223 g/mol. The molecule has 1 N–H and O–H groups in total. The van der Waals surface area contributed by atoms with Crippen molar-refractivity contribution in [3.63, 3.8) is 0 Å². The normalized spacial score (nSPS) is 13.6. The molecular formula is C12H21N3O. The molecule has 0 aromatic carbocycles. The summed E-state index contributed by atoms with van der Waals surface area (Å²) < 4.78 is 1.70. The van der Waals surface area contributed by atoms with Crippen molar-refractivity contribution in [3.05, 3.63) is 22.7 Å². The smallest absolute Gasteiger partial charge is 0.293 e. The van der Waals surface area contributed by atoms with Crippen LogP contribution < -0.4 is 10.9 Å². The summed E-state index contributed by atoms with van der Waals surface area (Å²) in [6, 6.07) is 0.260. The Balaban J connectivity index is 3.10. The van der Waals surface area contributed by atoms with Crippen LogP contribution in [0, 0.1) is 0 Å². The minimum Gasteiger partial charge on any atom is -0.363 e. The molecule has 0 aliphatic rings. The summed E-state index contributed by atoms with van der Waals surface area (Å²) in [4.78, 5) is 16.2. The first kappa shape index (κ1) is 12.7. The lowest BCUT2D eigenvalue weighted by Crippen LogP contribution is -2.36. The second kappa shape index (κ2) is 4.68. The molecule has 0 saturated heterocycles. The van der Waals surface area contributed by atoms with E-state index >= 15 is 0 Å². The van der Waals surface area contributed by atoms with Crippen LogP contribution in [-0.4, -0.2) is 15.6 Å². The lowest BCUT2D eigenvalue weighted by molar-refractivity contribution is 0.383. The fraction of sp³-hybridized carbons (Fsp3) is 0.667. The highest BCUT2D eigenvalue weighted by Gasteiger charge is 2.16. The second-order valence-corrected chi connectivity index (χ2v) is 5.08. The molecule has 16 heavy (non-hydrogen) atoms. The van der Waals surface area contributed by atoms with Gasteiger partial charge in [-0.2, -0.15) is 0 Å². The maximum Gasteiger partial charge on any atom is 0.293 e. The minimum absolute atomic E-state index is 0.0599. The number of hydrogen-bond donors (Lipinski definition) is 1. The number of nitrogens with zero attached hydrogens (tertiary/aromatic N) is 2. The van der Waals surface area contributed by atoms with E-state index in [9.17, 15) is 4.79 Å². The van der Waals surface area contributed by atoms with Crippen LogP contribution >= 0.6 is 0 Å². The lowest BCUT2D eigenvalue weighted by Gasteiger charge is -2.23. The Hall–Kier alpha value is -1.32. The van der Waals surface area contributed by atoms with E-state index in [0.29, 0.717) is 5.82 Å². The van der Waals surface area contributed by atoms with Gasteiger partial charge in [0.25, 0.3) is 5.56 Å². The van der Waals surface area contributed by atoms with Crippen LogP contribution in [0.1, 0.15) is 41.0 Å². The van der Waals surface area contributed by atoms with Crippen LogP contribution in [0.4, 0.5) is 5.82 Å². The summed E-state index contributed by atoms with van der Waals surface area (Å²) in [5.74, 6) is 0.437. The second-order valence-electron chi connectivity index (χ2n) is 5.08. The lowest BCUT2D eigenvalue weighted by atomic mass is 10.1. The summed E-state index contributed by atoms with van der Waals surface area (Å²) in [5, 5.41) is 3.13. The van der Waals surface area contributed by atoms with Crippen molar-refractivity contribution >= 4 is 5.82 Å². The number of hydrogen-bond acceptors (Lipinski definition) is 3. The van der Waals surface area contributed by atoms with E-state index in [-0.39, 0.29) is 17.1 Å². The van der Waals surface area contributed by atoms with Gasteiger partial charge in [-0.3, -0.25) is 4.79 Å². The highest BCUT2D eigenvalue weighted by atomic mass is 16.1. The molecule has 1 heterocycles. The highest BCUT2D eigenvalue weighted by molar-refractivity contribution is 5.32. The van der Waals surface area contributed by atoms with Gasteiger partial charge in [-0.15, -0.1) is 0 Å². The molecule has 0 saturated carbocycles. The van der Waals surface area contributed by atoms with Crippen LogP contribution in [0.15, 0.2) is 17.2 Å². The third-order valence-corrected chi connectivity index (χ3v) is 2.56. The average Bonchev–Trinajstić information content (AvgIpc) is 2.19. The van der Waals surface area contributed by atoms with Gasteiger partial charge in [-0.25, -0.2) is 4.98 Å². The molecule has 1 rings (SSSR count). The molecule has 0 spiro atoms. The van der Waals surface area contributed by atoms with E-state index < -0.39 is 0 Å². The first-order valence-corrected chi connectivity index (χ1v) is 5.71. The van der Waals surface area contributed by atoms with E-state index in [4.69, 9.17) is 0 Å². The molecule has 0 bridgehead atoms. The molecule has 0 amide bonds.